The highest BCUT2D eigenvalue weighted by Gasteiger charge is 2.52. The standard InChI is InChI=1S/C16H23BBr2O2/c1-6-7-8-11-9-12(18)10-13(19)14(11)17-20-15(2,3)16(4,5)21-17/h9-10H,6-8H2,1-5H3. The monoisotopic (exact) mass is 416 g/mol. The minimum absolute atomic E-state index is 0.313. The molecule has 0 saturated carbocycles. The fourth-order valence-electron chi connectivity index (χ4n) is 2.44. The van der Waals surface area contributed by atoms with Crippen LogP contribution in [0.2, 0.25) is 0 Å². The van der Waals surface area contributed by atoms with Crippen molar-refractivity contribution in [2.75, 3.05) is 0 Å². The van der Waals surface area contributed by atoms with E-state index in [9.17, 15) is 0 Å². The van der Waals surface area contributed by atoms with E-state index < -0.39 is 0 Å². The van der Waals surface area contributed by atoms with Crippen molar-refractivity contribution in [3.63, 3.8) is 0 Å². The second kappa shape index (κ2) is 6.35. The highest BCUT2D eigenvalue weighted by Crippen LogP contribution is 2.37. The van der Waals surface area contributed by atoms with E-state index in [1.165, 1.54) is 12.0 Å². The zero-order valence-electron chi connectivity index (χ0n) is 13.4. The Kier molecular flexibility index (Phi) is 5.29. The summed E-state index contributed by atoms with van der Waals surface area (Å²) in [5, 5.41) is 0. The summed E-state index contributed by atoms with van der Waals surface area (Å²) in [7, 11) is -0.315. The summed E-state index contributed by atoms with van der Waals surface area (Å²) in [6, 6.07) is 4.25. The number of unbranched alkanes of at least 4 members (excludes halogenated alkanes) is 1. The first kappa shape index (κ1) is 17.5. The van der Waals surface area contributed by atoms with Crippen LogP contribution in [0.25, 0.3) is 0 Å². The molecule has 0 spiro atoms. The Morgan fingerprint density at radius 2 is 1.62 bits per heavy atom. The first-order chi connectivity index (χ1) is 9.68. The zero-order chi connectivity index (χ0) is 15.8. The molecule has 5 heteroatoms. The van der Waals surface area contributed by atoms with Gasteiger partial charge in [-0.3, -0.25) is 0 Å². The molecule has 0 N–H and O–H groups in total. The summed E-state index contributed by atoms with van der Waals surface area (Å²) in [4.78, 5) is 0. The van der Waals surface area contributed by atoms with Crippen LogP contribution in [-0.2, 0) is 15.7 Å². The van der Waals surface area contributed by atoms with E-state index in [1.807, 2.05) is 0 Å². The quantitative estimate of drug-likeness (QED) is 0.652. The molecule has 2 rings (SSSR count). The van der Waals surface area contributed by atoms with Gasteiger partial charge in [-0.25, -0.2) is 0 Å². The number of rotatable bonds is 4. The zero-order valence-corrected chi connectivity index (χ0v) is 16.6. The van der Waals surface area contributed by atoms with Gasteiger partial charge in [0.1, 0.15) is 0 Å². The second-order valence-electron chi connectivity index (χ2n) is 6.65. The Hall–Kier alpha value is 0.165. The third-order valence-electron chi connectivity index (χ3n) is 4.47. The molecule has 1 aromatic carbocycles. The van der Waals surface area contributed by atoms with Crippen molar-refractivity contribution in [3.8, 4) is 0 Å². The fraction of sp³-hybridized carbons (Fsp3) is 0.625. The summed E-state index contributed by atoms with van der Waals surface area (Å²) in [6.45, 7) is 10.6. The van der Waals surface area contributed by atoms with Crippen molar-refractivity contribution >= 4 is 44.4 Å². The lowest BCUT2D eigenvalue weighted by Gasteiger charge is -2.32. The maximum absolute atomic E-state index is 6.22. The van der Waals surface area contributed by atoms with Crippen LogP contribution >= 0.6 is 31.9 Å². The van der Waals surface area contributed by atoms with Crippen LogP contribution in [-0.4, -0.2) is 18.3 Å². The molecule has 0 radical (unpaired) electrons. The summed E-state index contributed by atoms with van der Waals surface area (Å²) < 4.78 is 14.6. The van der Waals surface area contributed by atoms with E-state index in [4.69, 9.17) is 9.31 Å². The average molecular weight is 418 g/mol. The number of hydrogen-bond acceptors (Lipinski definition) is 2. The molecule has 0 aliphatic carbocycles. The lowest BCUT2D eigenvalue weighted by Crippen LogP contribution is -2.41. The SMILES string of the molecule is CCCCc1cc(Br)cc(Br)c1B1OC(C)(C)C(C)(C)O1. The van der Waals surface area contributed by atoms with Gasteiger partial charge in [-0.1, -0.05) is 45.2 Å². The first-order valence-electron chi connectivity index (χ1n) is 7.51. The van der Waals surface area contributed by atoms with Crippen LogP contribution in [0.5, 0.6) is 0 Å². The summed E-state index contributed by atoms with van der Waals surface area (Å²) in [5.41, 5.74) is 1.79. The maximum Gasteiger partial charge on any atom is 0.496 e. The van der Waals surface area contributed by atoms with E-state index in [-0.39, 0.29) is 18.3 Å². The minimum Gasteiger partial charge on any atom is -0.399 e. The topological polar surface area (TPSA) is 18.5 Å². The van der Waals surface area contributed by atoms with Crippen LogP contribution in [0.3, 0.4) is 0 Å². The summed E-state index contributed by atoms with van der Waals surface area (Å²) in [5.74, 6) is 0. The van der Waals surface area contributed by atoms with Crippen molar-refractivity contribution in [1.82, 2.24) is 0 Å². The first-order valence-corrected chi connectivity index (χ1v) is 9.10. The largest absolute Gasteiger partial charge is 0.496 e. The maximum atomic E-state index is 6.22. The third kappa shape index (κ3) is 3.57. The van der Waals surface area contributed by atoms with Gasteiger partial charge in [-0.2, -0.15) is 0 Å². The van der Waals surface area contributed by atoms with Crippen molar-refractivity contribution < 1.29 is 9.31 Å². The van der Waals surface area contributed by atoms with Crippen molar-refractivity contribution in [2.24, 2.45) is 0 Å². The van der Waals surface area contributed by atoms with Gasteiger partial charge in [0.2, 0.25) is 0 Å². The van der Waals surface area contributed by atoms with Crippen LogP contribution in [0.4, 0.5) is 0 Å². The molecule has 1 aliphatic rings. The van der Waals surface area contributed by atoms with Gasteiger partial charge in [-0.15, -0.1) is 0 Å². The number of halogens is 2. The van der Waals surface area contributed by atoms with Gasteiger partial charge in [0.05, 0.1) is 11.2 Å². The second-order valence-corrected chi connectivity index (χ2v) is 8.42. The van der Waals surface area contributed by atoms with E-state index in [1.54, 1.807) is 0 Å². The van der Waals surface area contributed by atoms with Gasteiger partial charge in [0.15, 0.2) is 0 Å². The molecule has 0 aromatic heterocycles. The molecule has 116 valence electrons. The molecule has 1 saturated heterocycles. The van der Waals surface area contributed by atoms with Gasteiger partial charge >= 0.3 is 7.12 Å². The van der Waals surface area contributed by atoms with Crippen molar-refractivity contribution in [1.29, 1.82) is 0 Å². The molecule has 1 fully saturated rings. The lowest BCUT2D eigenvalue weighted by atomic mass is 9.75. The molecule has 0 amide bonds. The molecule has 2 nitrogen and oxygen atoms in total. The Bertz CT molecular complexity index is 513. The van der Waals surface area contributed by atoms with Gasteiger partial charge in [0, 0.05) is 8.95 Å². The highest BCUT2D eigenvalue weighted by molar-refractivity contribution is 9.11. The number of aryl methyl sites for hydroxylation is 1. The molecular formula is C16H23BBr2O2. The Morgan fingerprint density at radius 1 is 1.05 bits per heavy atom. The number of benzene rings is 1. The molecule has 0 atom stereocenters. The van der Waals surface area contributed by atoms with E-state index in [0.717, 1.165) is 27.2 Å². The van der Waals surface area contributed by atoms with Crippen LogP contribution in [0, 0.1) is 0 Å². The highest BCUT2D eigenvalue weighted by atomic mass is 79.9. The van der Waals surface area contributed by atoms with E-state index in [2.05, 4.69) is 78.6 Å². The Morgan fingerprint density at radius 3 is 2.14 bits per heavy atom. The van der Waals surface area contributed by atoms with E-state index in [0.29, 0.717) is 0 Å². The minimum atomic E-state index is -0.315. The van der Waals surface area contributed by atoms with Crippen molar-refractivity contribution in [2.45, 2.75) is 65.1 Å². The third-order valence-corrected chi connectivity index (χ3v) is 5.58. The Labute approximate surface area is 145 Å². The smallest absolute Gasteiger partial charge is 0.399 e. The predicted octanol–water partition coefficient (Wildman–Crippen LogP) is 4.85. The van der Waals surface area contributed by atoms with Gasteiger partial charge in [-0.05, 0) is 63.7 Å². The van der Waals surface area contributed by atoms with Gasteiger partial charge < -0.3 is 9.31 Å². The lowest BCUT2D eigenvalue weighted by molar-refractivity contribution is 0.00578. The van der Waals surface area contributed by atoms with Crippen LogP contribution < -0.4 is 5.46 Å². The van der Waals surface area contributed by atoms with Crippen LogP contribution in [0.1, 0.15) is 53.0 Å². The molecule has 1 aliphatic heterocycles. The fourth-order valence-corrected chi connectivity index (χ4v) is 3.94. The summed E-state index contributed by atoms with van der Waals surface area (Å²) >= 11 is 7.27. The molecule has 1 heterocycles. The van der Waals surface area contributed by atoms with Gasteiger partial charge in [0.25, 0.3) is 0 Å². The molecule has 21 heavy (non-hydrogen) atoms. The number of hydrogen-bond donors (Lipinski definition) is 0. The molecule has 1 aromatic rings. The average Bonchev–Trinajstić information content (AvgIpc) is 2.54. The normalized spacial score (nSPS) is 20.0. The molecule has 0 bridgehead atoms. The predicted molar refractivity (Wildman–Crippen MR) is 96.2 cm³/mol. The van der Waals surface area contributed by atoms with Crippen LogP contribution in [0.15, 0.2) is 21.1 Å². The van der Waals surface area contributed by atoms with Crippen molar-refractivity contribution in [3.05, 3.63) is 26.6 Å². The molecular weight excluding hydrogens is 395 g/mol. The molecule has 0 unspecified atom stereocenters. The van der Waals surface area contributed by atoms with E-state index >= 15 is 0 Å². The summed E-state index contributed by atoms with van der Waals surface area (Å²) in [6.07, 6.45) is 3.37. The Balaban J connectivity index is 2.40.